The van der Waals surface area contributed by atoms with Crippen LogP contribution in [0.1, 0.15) is 48.0 Å². The predicted molar refractivity (Wildman–Crippen MR) is 134 cm³/mol. The summed E-state index contributed by atoms with van der Waals surface area (Å²) in [4.78, 5) is 13.4. The molecule has 0 N–H and O–H groups in total. The number of alkyl halides is 1. The highest BCUT2D eigenvalue weighted by molar-refractivity contribution is 9.09. The highest BCUT2D eigenvalue weighted by Crippen LogP contribution is 2.36. The van der Waals surface area contributed by atoms with E-state index in [4.69, 9.17) is 9.15 Å². The van der Waals surface area contributed by atoms with Gasteiger partial charge in [0, 0.05) is 21.8 Å². The minimum Gasteiger partial charge on any atom is -0.494 e. The molecule has 4 heteroatoms. The van der Waals surface area contributed by atoms with Crippen LogP contribution < -0.4 is 4.74 Å². The number of ketones is 1. The number of unbranched alkanes of at least 4 members (excludes halogenated alkanes) is 4. The number of hydrogen-bond donors (Lipinski definition) is 0. The number of carbonyl (C=O) groups is 1. The van der Waals surface area contributed by atoms with Crippen molar-refractivity contribution in [1.82, 2.24) is 0 Å². The molecular formula is C28H27BrO3. The van der Waals surface area contributed by atoms with Crippen LogP contribution in [-0.2, 0) is 0 Å². The van der Waals surface area contributed by atoms with Crippen molar-refractivity contribution in [3.63, 3.8) is 0 Å². The van der Waals surface area contributed by atoms with Crippen molar-refractivity contribution in [1.29, 1.82) is 0 Å². The molecule has 32 heavy (non-hydrogen) atoms. The van der Waals surface area contributed by atoms with Crippen molar-refractivity contribution < 1.29 is 13.9 Å². The van der Waals surface area contributed by atoms with E-state index in [-0.39, 0.29) is 5.78 Å². The molecule has 0 radical (unpaired) electrons. The van der Waals surface area contributed by atoms with E-state index in [9.17, 15) is 4.79 Å². The Balaban J connectivity index is 1.57. The third-order valence-corrected chi connectivity index (χ3v) is 6.06. The van der Waals surface area contributed by atoms with Gasteiger partial charge in [0.05, 0.1) is 12.2 Å². The van der Waals surface area contributed by atoms with E-state index >= 15 is 0 Å². The molecular weight excluding hydrogens is 464 g/mol. The zero-order valence-electron chi connectivity index (χ0n) is 18.1. The van der Waals surface area contributed by atoms with Gasteiger partial charge in [-0.25, -0.2) is 0 Å². The molecule has 4 aromatic rings. The number of ether oxygens (including phenoxy) is 1. The van der Waals surface area contributed by atoms with Crippen LogP contribution in [0.3, 0.4) is 0 Å². The van der Waals surface area contributed by atoms with Gasteiger partial charge in [-0.2, -0.15) is 0 Å². The van der Waals surface area contributed by atoms with Gasteiger partial charge in [0.15, 0.2) is 5.78 Å². The number of para-hydroxylation sites is 1. The van der Waals surface area contributed by atoms with Gasteiger partial charge < -0.3 is 9.15 Å². The second-order valence-corrected chi connectivity index (χ2v) is 8.62. The number of furan rings is 1. The Morgan fingerprint density at radius 1 is 0.812 bits per heavy atom. The highest BCUT2D eigenvalue weighted by Gasteiger charge is 2.23. The Bertz CT molecular complexity index is 1160. The average molecular weight is 491 g/mol. The van der Waals surface area contributed by atoms with E-state index in [2.05, 4.69) is 15.9 Å². The van der Waals surface area contributed by atoms with Gasteiger partial charge in [-0.05, 0) is 31.0 Å². The summed E-state index contributed by atoms with van der Waals surface area (Å²) in [7, 11) is 0. The lowest BCUT2D eigenvalue weighted by Gasteiger charge is -2.08. The summed E-state index contributed by atoms with van der Waals surface area (Å²) in [6.45, 7) is 0.688. The van der Waals surface area contributed by atoms with Crippen molar-refractivity contribution >= 4 is 32.7 Å². The third kappa shape index (κ3) is 5.31. The first-order chi connectivity index (χ1) is 15.8. The lowest BCUT2D eigenvalue weighted by atomic mass is 9.97. The molecule has 1 heterocycles. The van der Waals surface area contributed by atoms with E-state index in [1.165, 1.54) is 25.7 Å². The highest BCUT2D eigenvalue weighted by atomic mass is 79.9. The van der Waals surface area contributed by atoms with Crippen LogP contribution in [0.2, 0.25) is 0 Å². The van der Waals surface area contributed by atoms with E-state index in [0.29, 0.717) is 29.1 Å². The second-order valence-electron chi connectivity index (χ2n) is 7.83. The molecule has 0 aliphatic rings. The molecule has 0 aliphatic heterocycles. The van der Waals surface area contributed by atoms with E-state index in [1.807, 2.05) is 78.9 Å². The molecule has 0 saturated heterocycles. The molecule has 1 aromatic heterocycles. The van der Waals surface area contributed by atoms with Crippen LogP contribution in [0.4, 0.5) is 0 Å². The van der Waals surface area contributed by atoms with E-state index in [0.717, 1.165) is 28.5 Å². The standard InChI is InChI=1S/C28H27BrO3/c29-18-9-2-1-3-10-19-31-23-15-11-14-22(20-23)28-26(24-16-7-8-17-25(24)32-28)27(30)21-12-5-4-6-13-21/h4-8,11-17,20H,1-3,9-10,18-19H2. The largest absolute Gasteiger partial charge is 0.494 e. The predicted octanol–water partition coefficient (Wildman–Crippen LogP) is 8.06. The molecule has 0 fully saturated rings. The first-order valence-electron chi connectivity index (χ1n) is 11.2. The Morgan fingerprint density at radius 3 is 2.41 bits per heavy atom. The third-order valence-electron chi connectivity index (χ3n) is 5.50. The number of rotatable bonds is 11. The number of benzene rings is 3. The van der Waals surface area contributed by atoms with Gasteiger partial charge >= 0.3 is 0 Å². The van der Waals surface area contributed by atoms with Crippen LogP contribution >= 0.6 is 15.9 Å². The fraction of sp³-hybridized carbons (Fsp3) is 0.250. The summed E-state index contributed by atoms with van der Waals surface area (Å²) in [5.41, 5.74) is 2.79. The Hall–Kier alpha value is -2.85. The molecule has 3 aromatic carbocycles. The van der Waals surface area contributed by atoms with Crippen molar-refractivity contribution in [3.8, 4) is 17.1 Å². The maximum absolute atomic E-state index is 13.4. The quantitative estimate of drug-likeness (QED) is 0.121. The van der Waals surface area contributed by atoms with Crippen LogP contribution in [0.25, 0.3) is 22.3 Å². The summed E-state index contributed by atoms with van der Waals surface area (Å²) in [5, 5.41) is 1.90. The van der Waals surface area contributed by atoms with Crippen LogP contribution in [0.15, 0.2) is 83.3 Å². The number of halogens is 1. The lowest BCUT2D eigenvalue weighted by Crippen LogP contribution is -2.02. The Labute approximate surface area is 197 Å². The zero-order valence-corrected chi connectivity index (χ0v) is 19.6. The molecule has 4 rings (SSSR count). The molecule has 0 atom stereocenters. The fourth-order valence-electron chi connectivity index (χ4n) is 3.85. The summed E-state index contributed by atoms with van der Waals surface area (Å²) < 4.78 is 12.2. The second kappa shape index (κ2) is 11.1. The van der Waals surface area contributed by atoms with Gasteiger partial charge in [0.25, 0.3) is 0 Å². The van der Waals surface area contributed by atoms with Crippen molar-refractivity contribution in [2.24, 2.45) is 0 Å². The fourth-order valence-corrected chi connectivity index (χ4v) is 4.25. The molecule has 0 aliphatic carbocycles. The maximum Gasteiger partial charge on any atom is 0.197 e. The van der Waals surface area contributed by atoms with Crippen molar-refractivity contribution in [2.45, 2.75) is 32.1 Å². The SMILES string of the molecule is O=C(c1ccccc1)c1c(-c2cccc(OCCCCCCCBr)c2)oc2ccccc12. The minimum atomic E-state index is -0.0413. The molecule has 164 valence electrons. The summed E-state index contributed by atoms with van der Waals surface area (Å²) >= 11 is 3.47. The number of fused-ring (bicyclic) bond motifs is 1. The van der Waals surface area contributed by atoms with Gasteiger partial charge in [-0.1, -0.05) is 95.9 Å². The molecule has 0 amide bonds. The minimum absolute atomic E-state index is 0.0413. The zero-order chi connectivity index (χ0) is 22.2. The lowest BCUT2D eigenvalue weighted by molar-refractivity contribution is 0.104. The summed E-state index contributed by atoms with van der Waals surface area (Å²) in [5.74, 6) is 1.34. The average Bonchev–Trinajstić information content (AvgIpc) is 3.23. The molecule has 0 bridgehead atoms. The smallest absolute Gasteiger partial charge is 0.197 e. The van der Waals surface area contributed by atoms with Gasteiger partial charge in [-0.3, -0.25) is 4.79 Å². The topological polar surface area (TPSA) is 39.4 Å². The van der Waals surface area contributed by atoms with E-state index < -0.39 is 0 Å². The number of hydrogen-bond acceptors (Lipinski definition) is 3. The van der Waals surface area contributed by atoms with Crippen molar-refractivity contribution in [2.75, 3.05) is 11.9 Å². The summed E-state index contributed by atoms with van der Waals surface area (Å²) in [6, 6.07) is 24.9. The normalized spacial score (nSPS) is 11.0. The number of carbonyl (C=O) groups excluding carboxylic acids is 1. The van der Waals surface area contributed by atoms with Crippen molar-refractivity contribution in [3.05, 3.63) is 90.0 Å². The molecule has 0 saturated carbocycles. The van der Waals surface area contributed by atoms with Crippen LogP contribution in [0, 0.1) is 0 Å². The maximum atomic E-state index is 13.4. The Morgan fingerprint density at radius 2 is 1.56 bits per heavy atom. The monoisotopic (exact) mass is 490 g/mol. The first-order valence-corrected chi connectivity index (χ1v) is 12.3. The van der Waals surface area contributed by atoms with Crippen LogP contribution in [0.5, 0.6) is 5.75 Å². The van der Waals surface area contributed by atoms with Gasteiger partial charge in [-0.15, -0.1) is 0 Å². The summed E-state index contributed by atoms with van der Waals surface area (Å²) in [6.07, 6.45) is 5.93. The van der Waals surface area contributed by atoms with Gasteiger partial charge in [0.2, 0.25) is 0 Å². The Kier molecular flexibility index (Phi) is 7.78. The van der Waals surface area contributed by atoms with Gasteiger partial charge in [0.1, 0.15) is 17.1 Å². The molecule has 3 nitrogen and oxygen atoms in total. The molecule has 0 unspecified atom stereocenters. The molecule has 0 spiro atoms. The first kappa shape index (κ1) is 22.3. The van der Waals surface area contributed by atoms with E-state index in [1.54, 1.807) is 0 Å². The van der Waals surface area contributed by atoms with Crippen LogP contribution in [-0.4, -0.2) is 17.7 Å².